The number of hydrogen-bond donors (Lipinski definition) is 1. The number of fused-ring (bicyclic) bond motifs is 1. The first-order chi connectivity index (χ1) is 9.72. The van der Waals surface area contributed by atoms with Crippen molar-refractivity contribution in [2.75, 3.05) is 0 Å². The molecule has 1 N–H and O–H groups in total. The van der Waals surface area contributed by atoms with Gasteiger partial charge in [-0.05, 0) is 38.3 Å². The van der Waals surface area contributed by atoms with Gasteiger partial charge in [0.15, 0.2) is 0 Å². The van der Waals surface area contributed by atoms with Gasteiger partial charge in [0.1, 0.15) is 0 Å². The molecule has 3 rings (SSSR count). The molecule has 3 heteroatoms. The van der Waals surface area contributed by atoms with Gasteiger partial charge in [0.25, 0.3) is 0 Å². The molecular formula is C17H22N2O. The Morgan fingerprint density at radius 1 is 1.15 bits per heavy atom. The number of benzene rings is 1. The summed E-state index contributed by atoms with van der Waals surface area (Å²) in [4.78, 5) is 4.51. The van der Waals surface area contributed by atoms with Crippen molar-refractivity contribution in [2.24, 2.45) is 0 Å². The van der Waals surface area contributed by atoms with E-state index in [0.29, 0.717) is 18.2 Å². The summed E-state index contributed by atoms with van der Waals surface area (Å²) in [6.45, 7) is 5.19. The quantitative estimate of drug-likeness (QED) is 0.929. The van der Waals surface area contributed by atoms with E-state index < -0.39 is 0 Å². The first kappa shape index (κ1) is 13.5. The summed E-state index contributed by atoms with van der Waals surface area (Å²) in [6.07, 6.45) is 4.74. The average Bonchev–Trinajstić information content (AvgIpc) is 2.44. The van der Waals surface area contributed by atoms with Crippen molar-refractivity contribution < 1.29 is 4.74 Å². The van der Waals surface area contributed by atoms with Crippen LogP contribution < -0.4 is 5.32 Å². The predicted octanol–water partition coefficient (Wildman–Crippen LogP) is 3.28. The summed E-state index contributed by atoms with van der Waals surface area (Å²) < 4.78 is 5.79. The van der Waals surface area contributed by atoms with Gasteiger partial charge in [0, 0.05) is 24.2 Å². The summed E-state index contributed by atoms with van der Waals surface area (Å²) in [5.74, 6) is 0. The maximum atomic E-state index is 5.79. The first-order valence-corrected chi connectivity index (χ1v) is 7.44. The number of nitrogens with zero attached hydrogens (tertiary/aromatic N) is 1. The van der Waals surface area contributed by atoms with Gasteiger partial charge in [-0.2, -0.15) is 0 Å². The van der Waals surface area contributed by atoms with Gasteiger partial charge in [-0.25, -0.2) is 0 Å². The molecular weight excluding hydrogens is 248 g/mol. The summed E-state index contributed by atoms with van der Waals surface area (Å²) >= 11 is 0. The second-order valence-corrected chi connectivity index (χ2v) is 5.80. The van der Waals surface area contributed by atoms with Gasteiger partial charge in [-0.1, -0.05) is 24.3 Å². The van der Waals surface area contributed by atoms with E-state index in [9.17, 15) is 0 Å². The second-order valence-electron chi connectivity index (χ2n) is 5.80. The molecule has 3 nitrogen and oxygen atoms in total. The van der Waals surface area contributed by atoms with Crippen LogP contribution in [0.5, 0.6) is 0 Å². The molecule has 2 heterocycles. The maximum absolute atomic E-state index is 5.79. The maximum Gasteiger partial charge on any atom is 0.0746 e. The molecule has 2 aromatic rings. The third-order valence-corrected chi connectivity index (χ3v) is 3.99. The van der Waals surface area contributed by atoms with Gasteiger partial charge in [0.2, 0.25) is 0 Å². The summed E-state index contributed by atoms with van der Waals surface area (Å²) in [5, 5.41) is 4.88. The molecule has 2 atom stereocenters. The highest BCUT2D eigenvalue weighted by Gasteiger charge is 2.23. The Morgan fingerprint density at radius 3 is 2.70 bits per heavy atom. The van der Waals surface area contributed by atoms with Gasteiger partial charge in [-0.15, -0.1) is 0 Å². The van der Waals surface area contributed by atoms with Crippen LogP contribution in [0.1, 0.15) is 32.3 Å². The van der Waals surface area contributed by atoms with Crippen LogP contribution in [0, 0.1) is 0 Å². The van der Waals surface area contributed by atoms with Crippen molar-refractivity contribution in [3.8, 4) is 0 Å². The van der Waals surface area contributed by atoms with Crippen LogP contribution in [-0.4, -0.2) is 23.2 Å². The molecule has 2 unspecified atom stereocenters. The largest absolute Gasteiger partial charge is 0.375 e. The highest BCUT2D eigenvalue weighted by molar-refractivity contribution is 5.81. The van der Waals surface area contributed by atoms with E-state index in [1.807, 2.05) is 12.3 Å². The lowest BCUT2D eigenvalue weighted by molar-refractivity contribution is -0.0422. The van der Waals surface area contributed by atoms with Crippen molar-refractivity contribution in [3.63, 3.8) is 0 Å². The Balaban J connectivity index is 1.71. The molecule has 20 heavy (non-hydrogen) atoms. The van der Waals surface area contributed by atoms with E-state index in [1.54, 1.807) is 0 Å². The average molecular weight is 270 g/mol. The van der Waals surface area contributed by atoms with Crippen molar-refractivity contribution >= 4 is 10.9 Å². The molecule has 0 amide bonds. The normalized spacial score (nSPS) is 26.8. The molecule has 0 radical (unpaired) electrons. The lowest BCUT2D eigenvalue weighted by Crippen LogP contribution is -2.40. The number of nitrogens with one attached hydrogen (secondary N) is 1. The SMILES string of the molecule is CC1CC(NCc2cccc3cccnc23)CC(C)O1. The standard InChI is InChI=1S/C17H22N2O/c1-12-9-16(10-13(2)20-12)19-11-15-6-3-5-14-7-4-8-18-17(14)15/h3-8,12-13,16,19H,9-11H2,1-2H3. The van der Waals surface area contributed by atoms with Crippen LogP contribution in [0.4, 0.5) is 0 Å². The van der Waals surface area contributed by atoms with Crippen LogP contribution >= 0.6 is 0 Å². The van der Waals surface area contributed by atoms with Crippen LogP contribution in [0.2, 0.25) is 0 Å². The minimum absolute atomic E-state index is 0.349. The van der Waals surface area contributed by atoms with Crippen LogP contribution in [0.3, 0.4) is 0 Å². The van der Waals surface area contributed by atoms with E-state index in [4.69, 9.17) is 4.74 Å². The second kappa shape index (κ2) is 5.90. The molecule has 1 fully saturated rings. The Kier molecular flexibility index (Phi) is 3.99. The Hall–Kier alpha value is -1.45. The van der Waals surface area contributed by atoms with Gasteiger partial charge < -0.3 is 10.1 Å². The molecule has 1 aliphatic rings. The minimum Gasteiger partial charge on any atom is -0.375 e. The van der Waals surface area contributed by atoms with Crippen molar-refractivity contribution in [2.45, 2.75) is 51.5 Å². The molecule has 1 saturated heterocycles. The Bertz CT molecular complexity index is 569. The number of ether oxygens (including phenoxy) is 1. The highest BCUT2D eigenvalue weighted by atomic mass is 16.5. The lowest BCUT2D eigenvalue weighted by Gasteiger charge is -2.32. The molecule has 1 aromatic heterocycles. The molecule has 1 aromatic carbocycles. The van der Waals surface area contributed by atoms with Crippen molar-refractivity contribution in [1.29, 1.82) is 0 Å². The monoisotopic (exact) mass is 270 g/mol. The summed E-state index contributed by atoms with van der Waals surface area (Å²) in [7, 11) is 0. The number of pyridine rings is 1. The van der Waals surface area contributed by atoms with Gasteiger partial charge >= 0.3 is 0 Å². The molecule has 0 bridgehead atoms. The third-order valence-electron chi connectivity index (χ3n) is 3.99. The zero-order chi connectivity index (χ0) is 13.9. The number of rotatable bonds is 3. The number of para-hydroxylation sites is 1. The molecule has 0 saturated carbocycles. The van der Waals surface area contributed by atoms with Gasteiger partial charge in [0.05, 0.1) is 17.7 Å². The predicted molar refractivity (Wildman–Crippen MR) is 81.6 cm³/mol. The van der Waals surface area contributed by atoms with Crippen LogP contribution in [-0.2, 0) is 11.3 Å². The summed E-state index contributed by atoms with van der Waals surface area (Å²) in [5.41, 5.74) is 2.38. The minimum atomic E-state index is 0.349. The van der Waals surface area contributed by atoms with Crippen molar-refractivity contribution in [1.82, 2.24) is 10.3 Å². The molecule has 0 aliphatic carbocycles. The highest BCUT2D eigenvalue weighted by Crippen LogP contribution is 2.20. The topological polar surface area (TPSA) is 34.2 Å². The first-order valence-electron chi connectivity index (χ1n) is 7.44. The zero-order valence-electron chi connectivity index (χ0n) is 12.2. The van der Waals surface area contributed by atoms with Crippen LogP contribution in [0.25, 0.3) is 10.9 Å². The number of aromatic nitrogens is 1. The van der Waals surface area contributed by atoms with E-state index in [2.05, 4.69) is 48.4 Å². The fourth-order valence-electron chi connectivity index (χ4n) is 3.14. The third kappa shape index (κ3) is 3.00. The molecule has 106 valence electrons. The summed E-state index contributed by atoms with van der Waals surface area (Å²) in [6, 6.07) is 11.0. The van der Waals surface area contributed by atoms with E-state index >= 15 is 0 Å². The van der Waals surface area contributed by atoms with E-state index in [0.717, 1.165) is 24.9 Å². The lowest BCUT2D eigenvalue weighted by atomic mass is 9.99. The fraction of sp³-hybridized carbons (Fsp3) is 0.471. The molecule has 1 aliphatic heterocycles. The van der Waals surface area contributed by atoms with Gasteiger partial charge in [-0.3, -0.25) is 4.98 Å². The van der Waals surface area contributed by atoms with Crippen LogP contribution in [0.15, 0.2) is 36.5 Å². The molecule has 0 spiro atoms. The zero-order valence-corrected chi connectivity index (χ0v) is 12.2. The Labute approximate surface area is 120 Å². The number of hydrogen-bond acceptors (Lipinski definition) is 3. The van der Waals surface area contributed by atoms with E-state index in [1.165, 1.54) is 10.9 Å². The van der Waals surface area contributed by atoms with E-state index in [-0.39, 0.29) is 0 Å². The Morgan fingerprint density at radius 2 is 1.90 bits per heavy atom. The smallest absolute Gasteiger partial charge is 0.0746 e. The van der Waals surface area contributed by atoms with Crippen molar-refractivity contribution in [3.05, 3.63) is 42.1 Å². The fourth-order valence-corrected chi connectivity index (χ4v) is 3.14.